The van der Waals surface area contributed by atoms with Crippen LogP contribution < -0.4 is 15.0 Å². The van der Waals surface area contributed by atoms with Gasteiger partial charge < -0.3 is 9.47 Å². The van der Waals surface area contributed by atoms with Crippen molar-refractivity contribution >= 4 is 27.5 Å². The Bertz CT molecular complexity index is 1480. The molecule has 0 aromatic carbocycles. The van der Waals surface area contributed by atoms with E-state index in [9.17, 15) is 4.79 Å². The Kier molecular flexibility index (Phi) is 7.42. The number of nitrogens with zero attached hydrogens (tertiary/aromatic N) is 5. The molecule has 10 heteroatoms. The van der Waals surface area contributed by atoms with Gasteiger partial charge in [0.1, 0.15) is 22.7 Å². The molecule has 0 saturated carbocycles. The lowest BCUT2D eigenvalue weighted by atomic mass is 9.95. The van der Waals surface area contributed by atoms with Crippen molar-refractivity contribution in [3.63, 3.8) is 0 Å². The number of aromatic nitrogens is 5. The predicted molar refractivity (Wildman–Crippen MR) is 142 cm³/mol. The fourth-order valence-electron chi connectivity index (χ4n) is 3.49. The number of methoxy groups -OCH3 is 1. The molecule has 0 radical (unpaired) electrons. The summed E-state index contributed by atoms with van der Waals surface area (Å²) in [6, 6.07) is 10.7. The molecule has 0 amide bonds. The zero-order chi connectivity index (χ0) is 26.0. The summed E-state index contributed by atoms with van der Waals surface area (Å²) in [7, 11) is 1.55. The predicted octanol–water partition coefficient (Wildman–Crippen LogP) is 5.69. The van der Waals surface area contributed by atoms with Crippen molar-refractivity contribution < 1.29 is 9.47 Å². The number of hydrogen-bond donors (Lipinski definition) is 0. The maximum Gasteiger partial charge on any atom is 0.273 e. The smallest absolute Gasteiger partial charge is 0.273 e. The number of hydrogen-bond acceptors (Lipinski definition) is 7. The Hall–Kier alpha value is -3.30. The Morgan fingerprint density at radius 1 is 1.08 bits per heavy atom. The summed E-state index contributed by atoms with van der Waals surface area (Å²) in [5.74, 6) is 1.58. The summed E-state index contributed by atoms with van der Waals surface area (Å²) < 4.78 is 12.8. The third-order valence-electron chi connectivity index (χ3n) is 5.33. The van der Waals surface area contributed by atoms with Gasteiger partial charge in [0.25, 0.3) is 5.56 Å². The molecule has 36 heavy (non-hydrogen) atoms. The Morgan fingerprint density at radius 3 is 2.58 bits per heavy atom. The van der Waals surface area contributed by atoms with Crippen LogP contribution >= 0.6 is 27.5 Å². The van der Waals surface area contributed by atoms with Crippen molar-refractivity contribution in [2.24, 2.45) is 0 Å². The molecule has 0 bridgehead atoms. The van der Waals surface area contributed by atoms with E-state index in [2.05, 4.69) is 35.9 Å². The largest absolute Gasteiger partial charge is 0.486 e. The molecule has 4 rings (SSSR count). The lowest BCUT2D eigenvalue weighted by Gasteiger charge is -2.18. The molecule has 186 valence electrons. The van der Waals surface area contributed by atoms with Gasteiger partial charge in [-0.25, -0.2) is 15.0 Å². The molecular weight excluding hydrogens is 546 g/mol. The van der Waals surface area contributed by atoms with Gasteiger partial charge in [-0.05, 0) is 41.1 Å². The summed E-state index contributed by atoms with van der Waals surface area (Å²) in [5.41, 5.74) is 2.47. The average molecular weight is 571 g/mol. The number of aryl methyl sites for hydroxylation is 1. The molecule has 8 nitrogen and oxygen atoms in total. The first-order valence-electron chi connectivity index (χ1n) is 11.1. The SMILES string of the molecule is COc1cccc(COc2cc(C)n(-c3cc(-c4ccnc(C(C)(C)C)n4)ncc3Cl)c(=O)c2Br)n1. The first-order valence-corrected chi connectivity index (χ1v) is 12.3. The van der Waals surface area contributed by atoms with Crippen LogP contribution in [0.4, 0.5) is 0 Å². The monoisotopic (exact) mass is 569 g/mol. The molecule has 0 saturated heterocycles. The molecule has 0 N–H and O–H groups in total. The maximum atomic E-state index is 13.4. The lowest BCUT2D eigenvalue weighted by molar-refractivity contribution is 0.295. The highest BCUT2D eigenvalue weighted by Crippen LogP contribution is 2.29. The minimum Gasteiger partial charge on any atom is -0.486 e. The highest BCUT2D eigenvalue weighted by atomic mass is 79.9. The van der Waals surface area contributed by atoms with Crippen LogP contribution in [0.5, 0.6) is 11.6 Å². The van der Waals surface area contributed by atoms with E-state index in [4.69, 9.17) is 21.1 Å². The normalized spacial score (nSPS) is 11.4. The van der Waals surface area contributed by atoms with E-state index in [0.717, 1.165) is 0 Å². The zero-order valence-corrected chi connectivity index (χ0v) is 22.9. The Labute approximate surface area is 222 Å². The number of halogens is 2. The molecular formula is C26H25BrClN5O3. The molecule has 0 atom stereocenters. The first kappa shape index (κ1) is 25.8. The van der Waals surface area contributed by atoms with Crippen LogP contribution in [0.1, 0.15) is 38.0 Å². The minimum atomic E-state index is -0.319. The molecule has 0 aliphatic heterocycles. The summed E-state index contributed by atoms with van der Waals surface area (Å²) in [4.78, 5) is 31.2. The second kappa shape index (κ2) is 10.4. The number of pyridine rings is 3. The molecule has 0 spiro atoms. The maximum absolute atomic E-state index is 13.4. The van der Waals surface area contributed by atoms with Crippen molar-refractivity contribution in [1.29, 1.82) is 0 Å². The van der Waals surface area contributed by atoms with Gasteiger partial charge in [0.15, 0.2) is 0 Å². The van der Waals surface area contributed by atoms with E-state index in [1.807, 2.05) is 39.8 Å². The lowest BCUT2D eigenvalue weighted by Crippen LogP contribution is -2.22. The minimum absolute atomic E-state index is 0.169. The Morgan fingerprint density at radius 2 is 1.86 bits per heavy atom. The van der Waals surface area contributed by atoms with E-state index in [1.165, 1.54) is 10.8 Å². The summed E-state index contributed by atoms with van der Waals surface area (Å²) >= 11 is 9.91. The number of ether oxygens (including phenoxy) is 2. The van der Waals surface area contributed by atoms with Gasteiger partial charge in [-0.1, -0.05) is 38.4 Å². The highest BCUT2D eigenvalue weighted by Gasteiger charge is 2.20. The van der Waals surface area contributed by atoms with Gasteiger partial charge >= 0.3 is 0 Å². The van der Waals surface area contributed by atoms with E-state index in [0.29, 0.717) is 50.9 Å². The van der Waals surface area contributed by atoms with Crippen molar-refractivity contribution in [3.8, 4) is 28.7 Å². The molecule has 0 fully saturated rings. The first-order chi connectivity index (χ1) is 17.1. The zero-order valence-electron chi connectivity index (χ0n) is 20.5. The quantitative estimate of drug-likeness (QED) is 0.294. The van der Waals surface area contributed by atoms with Gasteiger partial charge in [-0.15, -0.1) is 0 Å². The summed E-state index contributed by atoms with van der Waals surface area (Å²) in [6.45, 7) is 8.11. The topological polar surface area (TPSA) is 92.0 Å². The standard InChI is InChI=1S/C26H25BrClN5O3/c1-15-11-21(36-14-16-7-6-8-22(31-16)35-5)23(27)24(34)33(15)20-12-19(30-13-17(20)28)18-9-10-29-25(32-18)26(2,3)4/h6-13H,14H2,1-5H3. The summed E-state index contributed by atoms with van der Waals surface area (Å²) in [5, 5.41) is 0.329. The van der Waals surface area contributed by atoms with E-state index >= 15 is 0 Å². The van der Waals surface area contributed by atoms with Crippen molar-refractivity contribution in [2.75, 3.05) is 7.11 Å². The van der Waals surface area contributed by atoms with Crippen LogP contribution in [0, 0.1) is 6.92 Å². The van der Waals surface area contributed by atoms with Crippen molar-refractivity contribution in [2.45, 2.75) is 39.7 Å². The van der Waals surface area contributed by atoms with E-state index in [1.54, 1.807) is 37.6 Å². The molecule has 4 heterocycles. The molecule has 0 unspecified atom stereocenters. The number of rotatable bonds is 6. The molecule has 0 aliphatic carbocycles. The van der Waals surface area contributed by atoms with Gasteiger partial charge in [-0.3, -0.25) is 14.3 Å². The van der Waals surface area contributed by atoms with E-state index in [-0.39, 0.29) is 22.1 Å². The van der Waals surface area contributed by atoms with Crippen LogP contribution in [0.25, 0.3) is 17.1 Å². The van der Waals surface area contributed by atoms with Crippen molar-refractivity contribution in [3.05, 3.63) is 85.9 Å². The fourth-order valence-corrected chi connectivity index (χ4v) is 4.09. The summed E-state index contributed by atoms with van der Waals surface area (Å²) in [6.07, 6.45) is 3.22. The van der Waals surface area contributed by atoms with Gasteiger partial charge in [0.05, 0.1) is 34.9 Å². The van der Waals surface area contributed by atoms with Crippen molar-refractivity contribution in [1.82, 2.24) is 24.5 Å². The van der Waals surface area contributed by atoms with Crippen LogP contribution in [0.2, 0.25) is 5.02 Å². The van der Waals surface area contributed by atoms with Crippen LogP contribution in [-0.4, -0.2) is 31.6 Å². The van der Waals surface area contributed by atoms with Gasteiger partial charge in [0.2, 0.25) is 5.88 Å². The fraction of sp³-hybridized carbons (Fsp3) is 0.269. The van der Waals surface area contributed by atoms with Crippen LogP contribution in [-0.2, 0) is 12.0 Å². The highest BCUT2D eigenvalue weighted by molar-refractivity contribution is 9.10. The third-order valence-corrected chi connectivity index (χ3v) is 6.35. The second-order valence-corrected chi connectivity index (χ2v) is 10.3. The molecule has 0 aliphatic rings. The van der Waals surface area contributed by atoms with Crippen LogP contribution in [0.3, 0.4) is 0 Å². The molecule has 4 aromatic heterocycles. The third kappa shape index (κ3) is 5.42. The van der Waals surface area contributed by atoms with Gasteiger partial charge in [0, 0.05) is 35.6 Å². The Balaban J connectivity index is 1.71. The second-order valence-electron chi connectivity index (χ2n) is 9.10. The van der Waals surface area contributed by atoms with Crippen LogP contribution in [0.15, 0.2) is 58.1 Å². The molecule has 4 aromatic rings. The van der Waals surface area contributed by atoms with Gasteiger partial charge in [-0.2, -0.15) is 0 Å². The van der Waals surface area contributed by atoms with E-state index < -0.39 is 0 Å². The average Bonchev–Trinajstić information content (AvgIpc) is 2.86.